The van der Waals surface area contributed by atoms with Crippen LogP contribution in [0.4, 0.5) is 0 Å². The summed E-state index contributed by atoms with van der Waals surface area (Å²) in [6.07, 6.45) is 9.63. The Bertz CT molecular complexity index is 464. The molecule has 3 rings (SSSR count). The van der Waals surface area contributed by atoms with Gasteiger partial charge in [0.05, 0.1) is 0 Å². The monoisotopic (exact) mass is 285 g/mol. The second kappa shape index (κ2) is 5.76. The zero-order valence-electron chi connectivity index (χ0n) is 14.1. The molecule has 0 spiro atoms. The molecule has 0 aliphatic heterocycles. The van der Waals surface area contributed by atoms with Gasteiger partial charge in [-0.25, -0.2) is 0 Å². The molecule has 2 aliphatic carbocycles. The number of hydrogen-bond donors (Lipinski definition) is 0. The van der Waals surface area contributed by atoms with Crippen molar-refractivity contribution in [2.45, 2.75) is 69.7 Å². The summed E-state index contributed by atoms with van der Waals surface area (Å²) < 4.78 is 0. The van der Waals surface area contributed by atoms with E-state index in [-0.39, 0.29) is 0 Å². The average molecular weight is 285 g/mol. The van der Waals surface area contributed by atoms with Gasteiger partial charge in [-0.2, -0.15) is 0 Å². The highest BCUT2D eigenvalue weighted by molar-refractivity contribution is 5.31. The topological polar surface area (TPSA) is 3.24 Å². The first-order valence-electron chi connectivity index (χ1n) is 8.89. The molecule has 0 amide bonds. The third kappa shape index (κ3) is 2.54. The van der Waals surface area contributed by atoms with Gasteiger partial charge in [0.25, 0.3) is 0 Å². The predicted molar refractivity (Wildman–Crippen MR) is 90.6 cm³/mol. The Hall–Kier alpha value is -0.820. The van der Waals surface area contributed by atoms with Gasteiger partial charge < -0.3 is 0 Å². The van der Waals surface area contributed by atoms with E-state index in [0.717, 1.165) is 5.92 Å². The highest BCUT2D eigenvalue weighted by atomic mass is 15.2. The lowest BCUT2D eigenvalue weighted by Crippen LogP contribution is -2.61. The van der Waals surface area contributed by atoms with Gasteiger partial charge in [0.1, 0.15) is 0 Å². The SMILES string of the molecule is CCC1(N(C)CC2CC2)CCCCC1(C)c1ccccc1. The quantitative estimate of drug-likeness (QED) is 0.735. The molecule has 0 aromatic heterocycles. The van der Waals surface area contributed by atoms with Crippen molar-refractivity contribution in [1.82, 2.24) is 4.90 Å². The first-order valence-corrected chi connectivity index (χ1v) is 8.89. The van der Waals surface area contributed by atoms with Crippen molar-refractivity contribution >= 4 is 0 Å². The maximum absolute atomic E-state index is 2.75. The van der Waals surface area contributed by atoms with Crippen LogP contribution < -0.4 is 0 Å². The van der Waals surface area contributed by atoms with Crippen molar-refractivity contribution in [3.8, 4) is 0 Å². The second-order valence-electron chi connectivity index (χ2n) is 7.61. The Balaban J connectivity index is 1.97. The fraction of sp³-hybridized carbons (Fsp3) is 0.700. The van der Waals surface area contributed by atoms with Crippen LogP contribution in [0.3, 0.4) is 0 Å². The van der Waals surface area contributed by atoms with Crippen LogP contribution in [-0.2, 0) is 5.41 Å². The summed E-state index contributed by atoms with van der Waals surface area (Å²) in [5.74, 6) is 0.973. The van der Waals surface area contributed by atoms with Gasteiger partial charge in [-0.1, -0.05) is 57.0 Å². The van der Waals surface area contributed by atoms with E-state index in [1.807, 2.05) is 0 Å². The van der Waals surface area contributed by atoms with Crippen LogP contribution in [-0.4, -0.2) is 24.0 Å². The van der Waals surface area contributed by atoms with E-state index in [9.17, 15) is 0 Å². The lowest BCUT2D eigenvalue weighted by Gasteiger charge is -2.57. The first kappa shape index (κ1) is 15.1. The molecule has 0 bridgehead atoms. The molecule has 1 aromatic carbocycles. The molecular weight excluding hydrogens is 254 g/mol. The van der Waals surface area contributed by atoms with Crippen LogP contribution in [0.1, 0.15) is 64.4 Å². The molecule has 1 nitrogen and oxygen atoms in total. The molecule has 0 saturated heterocycles. The summed E-state index contributed by atoms with van der Waals surface area (Å²) >= 11 is 0. The number of rotatable bonds is 5. The standard InChI is InChI=1S/C20H31N/c1-4-20(21(3)16-17-12-13-17)15-9-8-14-19(20,2)18-10-6-5-7-11-18/h5-7,10-11,17H,4,8-9,12-16H2,1-3H3. The van der Waals surface area contributed by atoms with Gasteiger partial charge in [-0.05, 0) is 50.6 Å². The van der Waals surface area contributed by atoms with E-state index in [0.29, 0.717) is 11.0 Å². The fourth-order valence-electron chi connectivity index (χ4n) is 4.94. The summed E-state index contributed by atoms with van der Waals surface area (Å²) in [6.45, 7) is 6.25. The van der Waals surface area contributed by atoms with Crippen molar-refractivity contribution in [2.24, 2.45) is 5.92 Å². The predicted octanol–water partition coefficient (Wildman–Crippen LogP) is 5.01. The summed E-state index contributed by atoms with van der Waals surface area (Å²) in [4.78, 5) is 2.75. The van der Waals surface area contributed by atoms with Crippen molar-refractivity contribution < 1.29 is 0 Å². The van der Waals surface area contributed by atoms with E-state index >= 15 is 0 Å². The van der Waals surface area contributed by atoms with Crippen LogP contribution in [0.15, 0.2) is 30.3 Å². The smallest absolute Gasteiger partial charge is 0.0297 e. The molecule has 2 aliphatic rings. The van der Waals surface area contributed by atoms with E-state index in [1.165, 1.54) is 51.5 Å². The van der Waals surface area contributed by atoms with Crippen LogP contribution >= 0.6 is 0 Å². The molecule has 1 aromatic rings. The molecule has 21 heavy (non-hydrogen) atoms. The van der Waals surface area contributed by atoms with Crippen molar-refractivity contribution in [3.63, 3.8) is 0 Å². The molecule has 1 heteroatoms. The van der Waals surface area contributed by atoms with E-state index in [4.69, 9.17) is 0 Å². The maximum atomic E-state index is 2.75. The van der Waals surface area contributed by atoms with Crippen molar-refractivity contribution in [3.05, 3.63) is 35.9 Å². The lowest BCUT2D eigenvalue weighted by molar-refractivity contribution is -0.00521. The second-order valence-corrected chi connectivity index (χ2v) is 7.61. The van der Waals surface area contributed by atoms with Crippen molar-refractivity contribution in [1.29, 1.82) is 0 Å². The first-order chi connectivity index (χ1) is 10.1. The Kier molecular flexibility index (Phi) is 4.14. The van der Waals surface area contributed by atoms with Gasteiger partial charge in [-0.3, -0.25) is 4.90 Å². The minimum Gasteiger partial charge on any atom is -0.300 e. The number of hydrogen-bond acceptors (Lipinski definition) is 1. The lowest BCUT2D eigenvalue weighted by atomic mass is 9.57. The van der Waals surface area contributed by atoms with Gasteiger partial charge in [-0.15, -0.1) is 0 Å². The Morgan fingerprint density at radius 3 is 2.38 bits per heavy atom. The molecule has 2 fully saturated rings. The van der Waals surface area contributed by atoms with Gasteiger partial charge in [0, 0.05) is 17.5 Å². The van der Waals surface area contributed by atoms with Gasteiger partial charge in [0.2, 0.25) is 0 Å². The fourth-order valence-corrected chi connectivity index (χ4v) is 4.94. The molecule has 2 saturated carbocycles. The maximum Gasteiger partial charge on any atom is 0.0297 e. The van der Waals surface area contributed by atoms with Crippen LogP contribution in [0.5, 0.6) is 0 Å². The van der Waals surface area contributed by atoms with Crippen LogP contribution in [0, 0.1) is 5.92 Å². The van der Waals surface area contributed by atoms with Gasteiger partial charge >= 0.3 is 0 Å². The minimum absolute atomic E-state index is 0.297. The number of likely N-dealkylation sites (N-methyl/N-ethyl adjacent to an activating group) is 1. The average Bonchev–Trinajstić information content (AvgIpc) is 3.32. The number of benzene rings is 1. The Morgan fingerprint density at radius 1 is 1.10 bits per heavy atom. The largest absolute Gasteiger partial charge is 0.300 e. The summed E-state index contributed by atoms with van der Waals surface area (Å²) in [6, 6.07) is 11.3. The summed E-state index contributed by atoms with van der Waals surface area (Å²) in [5.41, 5.74) is 2.19. The third-order valence-electron chi connectivity index (χ3n) is 6.50. The molecule has 0 heterocycles. The zero-order valence-corrected chi connectivity index (χ0v) is 14.1. The van der Waals surface area contributed by atoms with E-state index < -0.39 is 0 Å². The molecule has 0 N–H and O–H groups in total. The molecule has 116 valence electrons. The summed E-state index contributed by atoms with van der Waals surface area (Å²) in [5, 5.41) is 0. The third-order valence-corrected chi connectivity index (χ3v) is 6.50. The molecular formula is C20H31N. The Morgan fingerprint density at radius 2 is 1.76 bits per heavy atom. The van der Waals surface area contributed by atoms with Crippen LogP contribution in [0.2, 0.25) is 0 Å². The molecule has 0 radical (unpaired) electrons. The van der Waals surface area contributed by atoms with Gasteiger partial charge in [0.15, 0.2) is 0 Å². The Labute approximate surface area is 130 Å². The van der Waals surface area contributed by atoms with Crippen LogP contribution in [0.25, 0.3) is 0 Å². The molecule has 2 atom stereocenters. The van der Waals surface area contributed by atoms with E-state index in [2.05, 4.69) is 56.1 Å². The highest BCUT2D eigenvalue weighted by Gasteiger charge is 2.52. The molecule has 2 unspecified atom stereocenters. The number of nitrogens with zero attached hydrogens (tertiary/aromatic N) is 1. The highest BCUT2D eigenvalue weighted by Crippen LogP contribution is 2.51. The minimum atomic E-state index is 0.297. The zero-order chi connectivity index (χ0) is 14.9. The van der Waals surface area contributed by atoms with Crippen molar-refractivity contribution in [2.75, 3.05) is 13.6 Å². The summed E-state index contributed by atoms with van der Waals surface area (Å²) in [7, 11) is 2.40. The normalized spacial score (nSPS) is 33.3. The van der Waals surface area contributed by atoms with E-state index in [1.54, 1.807) is 5.56 Å².